The van der Waals surface area contributed by atoms with Gasteiger partial charge in [0.15, 0.2) is 0 Å². The third-order valence-electron chi connectivity index (χ3n) is 5.53. The monoisotopic (exact) mass is 382 g/mol. The Kier molecular flexibility index (Phi) is 5.14. The van der Waals surface area contributed by atoms with E-state index in [1.807, 2.05) is 34.1 Å². The van der Waals surface area contributed by atoms with Gasteiger partial charge in [0.25, 0.3) is 0 Å². The molecule has 0 bridgehead atoms. The summed E-state index contributed by atoms with van der Waals surface area (Å²) in [5.74, 6) is 0.535. The summed E-state index contributed by atoms with van der Waals surface area (Å²) in [5, 5.41) is 18.9. The molecule has 4 rings (SSSR count). The molecule has 0 aromatic heterocycles. The van der Waals surface area contributed by atoms with Crippen LogP contribution < -0.4 is 9.80 Å². The Bertz CT molecular complexity index is 726. The first-order chi connectivity index (χ1) is 13.6. The molecule has 28 heavy (non-hydrogen) atoms. The minimum absolute atomic E-state index is 0.121. The summed E-state index contributed by atoms with van der Waals surface area (Å²) in [6, 6.07) is 14.5. The van der Waals surface area contributed by atoms with Crippen LogP contribution in [0.15, 0.2) is 48.5 Å². The van der Waals surface area contributed by atoms with E-state index >= 15 is 0 Å². The largest absolute Gasteiger partial charge is 0.508 e. The molecule has 7 nitrogen and oxygen atoms in total. The van der Waals surface area contributed by atoms with E-state index in [4.69, 9.17) is 0 Å². The lowest BCUT2D eigenvalue weighted by atomic mass is 10.2. The predicted octanol–water partition coefficient (Wildman–Crippen LogP) is 2.16. The number of piperazine rings is 2. The number of rotatable bonds is 2. The zero-order chi connectivity index (χ0) is 19.5. The highest BCUT2D eigenvalue weighted by molar-refractivity contribution is 5.75. The molecule has 0 spiro atoms. The Labute approximate surface area is 165 Å². The van der Waals surface area contributed by atoms with Gasteiger partial charge < -0.3 is 29.8 Å². The number of phenols is 2. The summed E-state index contributed by atoms with van der Waals surface area (Å²) in [6.45, 7) is 6.01. The summed E-state index contributed by atoms with van der Waals surface area (Å²) < 4.78 is 0. The molecule has 0 radical (unpaired) electrons. The normalized spacial score (nSPS) is 17.7. The smallest absolute Gasteiger partial charge is 0.320 e. The maximum Gasteiger partial charge on any atom is 0.320 e. The molecule has 2 aromatic rings. The zero-order valence-corrected chi connectivity index (χ0v) is 15.9. The number of carbonyl (C=O) groups excluding carboxylic acids is 1. The van der Waals surface area contributed by atoms with Crippen molar-refractivity contribution in [1.82, 2.24) is 9.80 Å². The number of hydrogen-bond acceptors (Lipinski definition) is 5. The van der Waals surface area contributed by atoms with Crippen LogP contribution in [0.1, 0.15) is 0 Å². The second-order valence-corrected chi connectivity index (χ2v) is 7.26. The van der Waals surface area contributed by atoms with Gasteiger partial charge in [0.1, 0.15) is 11.5 Å². The van der Waals surface area contributed by atoms with Crippen molar-refractivity contribution in [2.45, 2.75) is 0 Å². The van der Waals surface area contributed by atoms with Crippen LogP contribution in [0.25, 0.3) is 0 Å². The van der Waals surface area contributed by atoms with E-state index in [-0.39, 0.29) is 17.5 Å². The van der Waals surface area contributed by atoms with Gasteiger partial charge >= 0.3 is 6.03 Å². The van der Waals surface area contributed by atoms with E-state index in [9.17, 15) is 15.0 Å². The number of nitrogens with zero attached hydrogens (tertiary/aromatic N) is 4. The van der Waals surface area contributed by atoms with Gasteiger partial charge in [-0.3, -0.25) is 0 Å². The molecule has 2 aliphatic heterocycles. The topological polar surface area (TPSA) is 70.5 Å². The fourth-order valence-electron chi connectivity index (χ4n) is 3.84. The van der Waals surface area contributed by atoms with Crippen LogP contribution in [0.3, 0.4) is 0 Å². The standard InChI is InChI=1S/C21H26N4O3/c26-19-5-1-17(2-6-19)22-9-13-24(14-10-22)21(28)25-15-11-23(12-16-25)18-3-7-20(27)8-4-18/h1-8,26-27H,9-16H2. The number of urea groups is 1. The highest BCUT2D eigenvalue weighted by Crippen LogP contribution is 2.22. The van der Waals surface area contributed by atoms with Crippen LogP contribution in [-0.4, -0.2) is 78.4 Å². The van der Waals surface area contributed by atoms with Crippen molar-refractivity contribution in [3.63, 3.8) is 0 Å². The van der Waals surface area contributed by atoms with Crippen molar-refractivity contribution < 1.29 is 15.0 Å². The van der Waals surface area contributed by atoms with E-state index in [0.717, 1.165) is 37.6 Å². The lowest BCUT2D eigenvalue weighted by molar-refractivity contribution is 0.147. The quantitative estimate of drug-likeness (QED) is 0.833. The van der Waals surface area contributed by atoms with Crippen molar-refractivity contribution in [3.05, 3.63) is 48.5 Å². The molecule has 0 saturated carbocycles. The number of aromatic hydroxyl groups is 2. The van der Waals surface area contributed by atoms with E-state index in [1.54, 1.807) is 24.3 Å². The van der Waals surface area contributed by atoms with E-state index < -0.39 is 0 Å². The van der Waals surface area contributed by atoms with Crippen molar-refractivity contribution in [1.29, 1.82) is 0 Å². The molecule has 2 saturated heterocycles. The van der Waals surface area contributed by atoms with Gasteiger partial charge in [-0.05, 0) is 48.5 Å². The van der Waals surface area contributed by atoms with Crippen LogP contribution in [-0.2, 0) is 0 Å². The molecule has 2 N–H and O–H groups in total. The summed E-state index contributed by atoms with van der Waals surface area (Å²) >= 11 is 0. The average Bonchev–Trinajstić information content (AvgIpc) is 2.75. The van der Waals surface area contributed by atoms with Crippen molar-refractivity contribution in [2.75, 3.05) is 62.2 Å². The van der Waals surface area contributed by atoms with Gasteiger partial charge in [0.05, 0.1) is 0 Å². The number of hydrogen-bond donors (Lipinski definition) is 2. The predicted molar refractivity (Wildman–Crippen MR) is 109 cm³/mol. The molecule has 2 heterocycles. The molecule has 148 valence electrons. The molecular formula is C21H26N4O3. The van der Waals surface area contributed by atoms with Gasteiger partial charge in [0, 0.05) is 63.7 Å². The van der Waals surface area contributed by atoms with Crippen molar-refractivity contribution >= 4 is 17.4 Å². The first kappa shape index (κ1) is 18.3. The number of anilines is 2. The summed E-state index contributed by atoms with van der Waals surface area (Å²) in [4.78, 5) is 21.2. The van der Waals surface area contributed by atoms with E-state index in [1.165, 1.54) is 0 Å². The second kappa shape index (κ2) is 7.88. The van der Waals surface area contributed by atoms with Crippen LogP contribution in [0.4, 0.5) is 16.2 Å². The maximum atomic E-state index is 12.9. The number of amides is 2. The highest BCUT2D eigenvalue weighted by atomic mass is 16.3. The third-order valence-corrected chi connectivity index (χ3v) is 5.53. The summed E-state index contributed by atoms with van der Waals surface area (Å²) in [7, 11) is 0. The first-order valence-electron chi connectivity index (χ1n) is 9.72. The molecule has 2 amide bonds. The van der Waals surface area contributed by atoms with Gasteiger partial charge in [0.2, 0.25) is 0 Å². The highest BCUT2D eigenvalue weighted by Gasteiger charge is 2.28. The second-order valence-electron chi connectivity index (χ2n) is 7.26. The molecular weight excluding hydrogens is 356 g/mol. The number of carbonyl (C=O) groups is 1. The Balaban J connectivity index is 1.28. The fraction of sp³-hybridized carbons (Fsp3) is 0.381. The summed E-state index contributed by atoms with van der Waals surface area (Å²) in [6.07, 6.45) is 0. The number of phenolic OH excluding ortho intramolecular Hbond substituents is 2. The molecule has 2 aromatic carbocycles. The summed E-state index contributed by atoms with van der Waals surface area (Å²) in [5.41, 5.74) is 2.15. The average molecular weight is 382 g/mol. The van der Waals surface area contributed by atoms with E-state index in [2.05, 4.69) is 9.80 Å². The molecule has 0 atom stereocenters. The maximum absolute atomic E-state index is 12.9. The van der Waals surface area contributed by atoms with Crippen molar-refractivity contribution in [3.8, 4) is 11.5 Å². The minimum Gasteiger partial charge on any atom is -0.508 e. The molecule has 2 fully saturated rings. The van der Waals surface area contributed by atoms with Gasteiger partial charge in [-0.15, -0.1) is 0 Å². The van der Waals surface area contributed by atoms with Gasteiger partial charge in [-0.1, -0.05) is 0 Å². The molecule has 7 heteroatoms. The van der Waals surface area contributed by atoms with Gasteiger partial charge in [-0.2, -0.15) is 0 Å². The number of benzene rings is 2. The van der Waals surface area contributed by atoms with Crippen LogP contribution >= 0.6 is 0 Å². The Morgan fingerprint density at radius 1 is 0.571 bits per heavy atom. The first-order valence-corrected chi connectivity index (χ1v) is 9.72. The van der Waals surface area contributed by atoms with Crippen LogP contribution in [0.5, 0.6) is 11.5 Å². The molecule has 0 unspecified atom stereocenters. The molecule has 2 aliphatic rings. The van der Waals surface area contributed by atoms with Gasteiger partial charge in [-0.25, -0.2) is 4.79 Å². The Hall–Kier alpha value is -3.09. The SMILES string of the molecule is O=C(N1CCN(c2ccc(O)cc2)CC1)N1CCN(c2ccc(O)cc2)CC1. The lowest BCUT2D eigenvalue weighted by Gasteiger charge is -2.41. The minimum atomic E-state index is 0.121. The van der Waals surface area contributed by atoms with Crippen LogP contribution in [0.2, 0.25) is 0 Å². The van der Waals surface area contributed by atoms with Crippen molar-refractivity contribution in [2.24, 2.45) is 0 Å². The lowest BCUT2D eigenvalue weighted by Crippen LogP contribution is -2.57. The van der Waals surface area contributed by atoms with E-state index in [0.29, 0.717) is 26.2 Å². The third kappa shape index (κ3) is 3.93. The van der Waals surface area contributed by atoms with Crippen LogP contribution in [0, 0.1) is 0 Å². The fourth-order valence-corrected chi connectivity index (χ4v) is 3.84. The Morgan fingerprint density at radius 3 is 1.21 bits per heavy atom. The molecule has 0 aliphatic carbocycles. The zero-order valence-electron chi connectivity index (χ0n) is 15.9. The Morgan fingerprint density at radius 2 is 0.893 bits per heavy atom.